The molecule has 11 heteroatoms. The molecular weight excluding hydrogens is 530 g/mol. The summed E-state index contributed by atoms with van der Waals surface area (Å²) in [6.45, 7) is 9.25. The first kappa shape index (κ1) is 33.7. The zero-order chi connectivity index (χ0) is 30.9. The van der Waals surface area contributed by atoms with Crippen LogP contribution in [0.3, 0.4) is 0 Å². The fourth-order valence-electron chi connectivity index (χ4n) is 4.96. The molecule has 5 N–H and O–H groups in total. The van der Waals surface area contributed by atoms with Crippen LogP contribution in [0.5, 0.6) is 0 Å². The maximum Gasteiger partial charge on any atom is 0.405 e. The van der Waals surface area contributed by atoms with E-state index in [0.29, 0.717) is 18.5 Å². The predicted octanol–water partition coefficient (Wildman–Crippen LogP) is 2.37. The van der Waals surface area contributed by atoms with Gasteiger partial charge in [-0.05, 0) is 45.1 Å². The number of rotatable bonds is 5. The number of nitrogens with one attached hydrogen (secondary N) is 2. The van der Waals surface area contributed by atoms with Crippen molar-refractivity contribution < 1.29 is 38.5 Å². The zero-order valence-electron chi connectivity index (χ0n) is 24.9. The summed E-state index contributed by atoms with van der Waals surface area (Å²) in [5.41, 5.74) is 6.55. The number of hydrogen-bond acceptors (Lipinski definition) is 9. The number of fused-ring (bicyclic) bond motifs is 2. The van der Waals surface area contributed by atoms with Gasteiger partial charge in [0.25, 0.3) is 5.91 Å². The van der Waals surface area contributed by atoms with Crippen molar-refractivity contribution >= 4 is 23.6 Å². The number of carbonyl (C=O) groups is 4. The Morgan fingerprint density at radius 2 is 1.85 bits per heavy atom. The van der Waals surface area contributed by atoms with Crippen molar-refractivity contribution in [2.75, 3.05) is 20.8 Å². The number of aliphatic hydroxyl groups is 1. The van der Waals surface area contributed by atoms with Crippen molar-refractivity contribution in [3.8, 4) is 0 Å². The minimum absolute atomic E-state index is 0.111. The van der Waals surface area contributed by atoms with Crippen molar-refractivity contribution in [3.63, 3.8) is 0 Å². The van der Waals surface area contributed by atoms with E-state index in [-0.39, 0.29) is 34.9 Å². The molecule has 2 aliphatic rings. The number of hydrogen-bond donors (Lipinski definition) is 4. The second-order valence-electron chi connectivity index (χ2n) is 10.5. The van der Waals surface area contributed by atoms with Gasteiger partial charge in [0.1, 0.15) is 6.10 Å². The lowest BCUT2D eigenvalue weighted by molar-refractivity contribution is -0.120. The number of nitrogens with two attached hydrogens (primary N) is 1. The smallest absolute Gasteiger partial charge is 0.405 e. The van der Waals surface area contributed by atoms with E-state index in [1.54, 1.807) is 32.1 Å². The molecular formula is C30H43N3O8. The highest BCUT2D eigenvalue weighted by atomic mass is 16.6. The van der Waals surface area contributed by atoms with Gasteiger partial charge < -0.3 is 35.7 Å². The summed E-state index contributed by atoms with van der Waals surface area (Å²) in [7, 11) is 2.93. The summed E-state index contributed by atoms with van der Waals surface area (Å²) in [6.07, 6.45) is 3.91. The molecule has 0 unspecified atom stereocenters. The lowest BCUT2D eigenvalue weighted by Crippen LogP contribution is -2.37. The van der Waals surface area contributed by atoms with Crippen LogP contribution in [0.1, 0.15) is 47.5 Å². The van der Waals surface area contributed by atoms with Gasteiger partial charge in [0, 0.05) is 43.9 Å². The van der Waals surface area contributed by atoms with Crippen molar-refractivity contribution in [2.24, 2.45) is 17.6 Å². The van der Waals surface area contributed by atoms with E-state index in [0.717, 1.165) is 6.08 Å². The van der Waals surface area contributed by atoms with Gasteiger partial charge >= 0.3 is 6.09 Å². The predicted molar refractivity (Wildman–Crippen MR) is 153 cm³/mol. The number of likely N-dealkylation sites (N-methyl/N-ethyl adjacent to an activating group) is 1. The molecule has 0 fully saturated rings. The Morgan fingerprint density at radius 1 is 1.17 bits per heavy atom. The average molecular weight is 574 g/mol. The Morgan fingerprint density at radius 3 is 2.44 bits per heavy atom. The van der Waals surface area contributed by atoms with Crippen LogP contribution in [0.2, 0.25) is 0 Å². The van der Waals surface area contributed by atoms with Crippen molar-refractivity contribution in [1.29, 1.82) is 0 Å². The summed E-state index contributed by atoms with van der Waals surface area (Å²) in [5, 5.41) is 16.8. The molecule has 0 aromatic rings. The molecule has 1 aliphatic heterocycles. The fourth-order valence-corrected chi connectivity index (χ4v) is 4.96. The number of Topliss-reactive ketones (excluding diaryl/α,β-unsaturated/α-hetero) is 1. The lowest BCUT2D eigenvalue weighted by atomic mass is 9.85. The van der Waals surface area contributed by atoms with Crippen LogP contribution in [0.25, 0.3) is 0 Å². The first-order chi connectivity index (χ1) is 19.3. The summed E-state index contributed by atoms with van der Waals surface area (Å²) in [4.78, 5) is 51.1. The van der Waals surface area contributed by atoms with Gasteiger partial charge in [-0.2, -0.15) is 0 Å². The summed E-state index contributed by atoms with van der Waals surface area (Å²) in [5.74, 6) is -2.03. The third kappa shape index (κ3) is 8.97. The molecule has 0 spiro atoms. The first-order valence-electron chi connectivity index (χ1n) is 13.7. The molecule has 2 rings (SSSR count). The second-order valence-corrected chi connectivity index (χ2v) is 10.5. The Kier molecular flexibility index (Phi) is 12.7. The van der Waals surface area contributed by atoms with Gasteiger partial charge in [0.15, 0.2) is 6.10 Å². The highest BCUT2D eigenvalue weighted by molar-refractivity contribution is 6.23. The van der Waals surface area contributed by atoms with Crippen LogP contribution in [-0.4, -0.2) is 73.9 Å². The Bertz CT molecular complexity index is 1170. The number of primary amides is 1. The fraction of sp³-hybridized carbons (Fsp3) is 0.533. The third-order valence-electron chi connectivity index (χ3n) is 7.15. The van der Waals surface area contributed by atoms with Gasteiger partial charge in [-0.3, -0.25) is 14.4 Å². The standard InChI is InChI=1S/C30H43N3O8/c1-8-32-25-20-12-16(2)13-24(40-7)26(35)18(4)14-19(5)28(41-30(31)38)23(39-6)11-9-10-17(3)29(37)33-21(27(20)36)15-22(25)34/h9-11,14-16,18,23-24,26,28,32,35H,8,12-13H2,1-7H3,(H2,31,38)(H,33,37)/b11-9-,17-10+,19-14+/t16-,18+,23-,24+,26-,28+/m1/s1. The van der Waals surface area contributed by atoms with Crippen LogP contribution < -0.4 is 16.4 Å². The summed E-state index contributed by atoms with van der Waals surface area (Å²) in [6, 6.07) is 0. The Labute approximate surface area is 241 Å². The molecule has 6 atom stereocenters. The molecule has 1 heterocycles. The summed E-state index contributed by atoms with van der Waals surface area (Å²) < 4.78 is 16.5. The normalized spacial score (nSPS) is 32.2. The maximum absolute atomic E-state index is 13.5. The minimum atomic E-state index is -0.996. The summed E-state index contributed by atoms with van der Waals surface area (Å²) >= 11 is 0. The van der Waals surface area contributed by atoms with Crippen molar-refractivity contribution in [2.45, 2.75) is 71.9 Å². The Balaban J connectivity index is 2.61. The van der Waals surface area contributed by atoms with E-state index >= 15 is 0 Å². The quantitative estimate of drug-likeness (QED) is 0.285. The van der Waals surface area contributed by atoms with Gasteiger partial charge in [0.2, 0.25) is 11.6 Å². The van der Waals surface area contributed by atoms with Crippen molar-refractivity contribution in [3.05, 3.63) is 58.5 Å². The maximum atomic E-state index is 13.5. The molecule has 0 radical (unpaired) electrons. The molecule has 226 valence electrons. The van der Waals surface area contributed by atoms with E-state index in [1.807, 2.05) is 20.8 Å². The monoisotopic (exact) mass is 573 g/mol. The Hall–Kier alpha value is -3.54. The number of aliphatic hydroxyl groups excluding tert-OH is 1. The van der Waals surface area contributed by atoms with Crippen LogP contribution in [-0.2, 0) is 28.6 Å². The van der Waals surface area contributed by atoms with E-state index < -0.39 is 53.9 Å². The first-order valence-corrected chi connectivity index (χ1v) is 13.7. The average Bonchev–Trinajstić information content (AvgIpc) is 2.92. The highest BCUT2D eigenvalue weighted by Crippen LogP contribution is 2.28. The van der Waals surface area contributed by atoms with Gasteiger partial charge in [0.05, 0.1) is 23.6 Å². The van der Waals surface area contributed by atoms with E-state index in [2.05, 4.69) is 10.6 Å². The molecule has 0 saturated carbocycles. The number of allylic oxidation sites excluding steroid dienone is 4. The molecule has 41 heavy (non-hydrogen) atoms. The van der Waals surface area contributed by atoms with Crippen LogP contribution in [0, 0.1) is 11.8 Å². The molecule has 0 aromatic carbocycles. The van der Waals surface area contributed by atoms with Crippen molar-refractivity contribution in [1.82, 2.24) is 10.6 Å². The second kappa shape index (κ2) is 15.5. The van der Waals surface area contributed by atoms with Crippen LogP contribution in [0.15, 0.2) is 58.5 Å². The van der Waals surface area contributed by atoms with Crippen LogP contribution >= 0.6 is 0 Å². The van der Waals surface area contributed by atoms with Crippen LogP contribution in [0.4, 0.5) is 4.79 Å². The lowest BCUT2D eigenvalue weighted by Gasteiger charge is -2.30. The minimum Gasteiger partial charge on any atom is -0.439 e. The molecule has 0 saturated heterocycles. The third-order valence-corrected chi connectivity index (χ3v) is 7.15. The SMILES string of the molecule is CCNC1=C2C[C@@H](C)C[C@H](OC)[C@H](O)[C@@H](C)/C=C(\C)[C@H](OC(N)=O)[C@H](OC)/C=C\C=C(/C)C(=O)NC(=CC1=O)C2=O. The number of ether oxygens (including phenoxy) is 3. The zero-order valence-corrected chi connectivity index (χ0v) is 24.9. The number of amides is 2. The largest absolute Gasteiger partial charge is 0.439 e. The van der Waals surface area contributed by atoms with Gasteiger partial charge in [-0.15, -0.1) is 0 Å². The van der Waals surface area contributed by atoms with E-state index in [4.69, 9.17) is 19.9 Å². The van der Waals surface area contributed by atoms with E-state index in [9.17, 15) is 24.3 Å². The molecule has 1 aliphatic carbocycles. The van der Waals surface area contributed by atoms with E-state index in [1.165, 1.54) is 20.3 Å². The number of methoxy groups -OCH3 is 2. The molecule has 2 bridgehead atoms. The van der Waals surface area contributed by atoms with Gasteiger partial charge in [-0.25, -0.2) is 4.79 Å². The number of ketones is 2. The molecule has 11 nitrogen and oxygen atoms in total. The topological polar surface area (TPSA) is 166 Å². The number of carbonyl (C=O) groups excluding carboxylic acids is 4. The van der Waals surface area contributed by atoms with Gasteiger partial charge in [-0.1, -0.05) is 38.2 Å². The molecule has 0 aromatic heterocycles. The highest BCUT2D eigenvalue weighted by Gasteiger charge is 2.33. The molecule has 2 amide bonds.